The van der Waals surface area contributed by atoms with Crippen molar-refractivity contribution in [3.05, 3.63) is 0 Å². The Kier molecular flexibility index (Phi) is 4.04. The molecule has 0 amide bonds. The van der Waals surface area contributed by atoms with Gasteiger partial charge in [-0.25, -0.2) is 0 Å². The van der Waals surface area contributed by atoms with E-state index in [9.17, 15) is 5.11 Å². The average molecular weight is 160 g/mol. The molecule has 0 aromatic carbocycles. The van der Waals surface area contributed by atoms with Gasteiger partial charge in [0.1, 0.15) is 0 Å². The molecule has 1 atom stereocenters. The average Bonchev–Trinajstić information content (AvgIpc) is 1.83. The van der Waals surface area contributed by atoms with Crippen molar-refractivity contribution >= 4 is 0 Å². The molecule has 0 spiro atoms. The molecule has 0 aromatic rings. The molecule has 0 bridgehead atoms. The first kappa shape index (κ1) is 10.9. The van der Waals surface area contributed by atoms with E-state index in [1.54, 1.807) is 0 Å². The van der Waals surface area contributed by atoms with Gasteiger partial charge in [0.05, 0.1) is 17.8 Å². The normalized spacial score (nSPS) is 15.5. The van der Waals surface area contributed by atoms with Crippen LogP contribution < -0.4 is 0 Å². The third kappa shape index (κ3) is 3.73. The smallest absolute Gasteiger partial charge is 0.0887 e. The molecule has 0 aliphatic rings. The van der Waals surface area contributed by atoms with Crippen LogP contribution in [0.1, 0.15) is 41.0 Å². The van der Waals surface area contributed by atoms with E-state index in [1.165, 1.54) is 0 Å². The van der Waals surface area contributed by atoms with Crippen LogP contribution in [0.4, 0.5) is 0 Å². The van der Waals surface area contributed by atoms with Crippen LogP contribution in [0, 0.1) is 0 Å². The van der Waals surface area contributed by atoms with E-state index in [-0.39, 0.29) is 12.2 Å². The Labute approximate surface area is 69.6 Å². The standard InChI is InChI=1S/C9H20O2/c1-6-8(10)9(4,5)11-7(2)3/h7-8,10H,6H2,1-5H3. The van der Waals surface area contributed by atoms with Gasteiger partial charge >= 0.3 is 0 Å². The molecule has 0 rings (SSSR count). The SMILES string of the molecule is CCC(O)C(C)(C)OC(C)C. The van der Waals surface area contributed by atoms with Gasteiger partial charge in [-0.1, -0.05) is 6.92 Å². The fraction of sp³-hybridized carbons (Fsp3) is 1.00. The van der Waals surface area contributed by atoms with Crippen LogP contribution in [0.3, 0.4) is 0 Å². The largest absolute Gasteiger partial charge is 0.390 e. The van der Waals surface area contributed by atoms with E-state index in [1.807, 2.05) is 34.6 Å². The molecule has 1 unspecified atom stereocenters. The summed E-state index contributed by atoms with van der Waals surface area (Å²) >= 11 is 0. The lowest BCUT2D eigenvalue weighted by Crippen LogP contribution is -2.40. The van der Waals surface area contributed by atoms with Crippen molar-refractivity contribution in [3.8, 4) is 0 Å². The lowest BCUT2D eigenvalue weighted by molar-refractivity contribution is -0.125. The lowest BCUT2D eigenvalue weighted by atomic mass is 9.99. The van der Waals surface area contributed by atoms with Crippen molar-refractivity contribution in [1.82, 2.24) is 0 Å². The number of ether oxygens (including phenoxy) is 1. The molecule has 0 saturated carbocycles. The van der Waals surface area contributed by atoms with Gasteiger partial charge in [0, 0.05) is 0 Å². The molecule has 68 valence electrons. The highest BCUT2D eigenvalue weighted by molar-refractivity contribution is 4.78. The molecule has 0 radical (unpaired) electrons. The third-order valence-corrected chi connectivity index (χ3v) is 1.73. The Bertz CT molecular complexity index is 108. The number of rotatable bonds is 4. The van der Waals surface area contributed by atoms with Crippen LogP contribution in [0.2, 0.25) is 0 Å². The summed E-state index contributed by atoms with van der Waals surface area (Å²) in [6, 6.07) is 0. The zero-order valence-electron chi connectivity index (χ0n) is 8.22. The molecular formula is C9H20O2. The summed E-state index contributed by atoms with van der Waals surface area (Å²) in [5.41, 5.74) is -0.414. The maximum absolute atomic E-state index is 9.51. The topological polar surface area (TPSA) is 29.5 Å². The summed E-state index contributed by atoms with van der Waals surface area (Å²) in [6.45, 7) is 9.74. The Morgan fingerprint density at radius 2 is 1.82 bits per heavy atom. The van der Waals surface area contributed by atoms with Crippen LogP contribution >= 0.6 is 0 Å². The Morgan fingerprint density at radius 3 is 2.09 bits per heavy atom. The van der Waals surface area contributed by atoms with Crippen molar-refractivity contribution in [2.75, 3.05) is 0 Å². The van der Waals surface area contributed by atoms with Gasteiger partial charge in [0.15, 0.2) is 0 Å². The molecule has 1 N–H and O–H groups in total. The van der Waals surface area contributed by atoms with Crippen molar-refractivity contribution in [1.29, 1.82) is 0 Å². The maximum atomic E-state index is 9.51. The molecule has 0 fully saturated rings. The summed E-state index contributed by atoms with van der Waals surface area (Å²) in [5.74, 6) is 0. The van der Waals surface area contributed by atoms with E-state index in [4.69, 9.17) is 4.74 Å². The zero-order chi connectivity index (χ0) is 9.07. The van der Waals surface area contributed by atoms with Gasteiger partial charge in [0.2, 0.25) is 0 Å². The summed E-state index contributed by atoms with van der Waals surface area (Å²) in [6.07, 6.45) is 0.538. The van der Waals surface area contributed by atoms with Gasteiger partial charge in [-0.2, -0.15) is 0 Å². The lowest BCUT2D eigenvalue weighted by Gasteiger charge is -2.32. The van der Waals surface area contributed by atoms with Crippen LogP contribution in [-0.2, 0) is 4.74 Å². The van der Waals surface area contributed by atoms with E-state index < -0.39 is 5.60 Å². The number of hydrogen-bond acceptors (Lipinski definition) is 2. The Morgan fingerprint density at radius 1 is 1.36 bits per heavy atom. The highest BCUT2D eigenvalue weighted by Crippen LogP contribution is 2.19. The summed E-state index contributed by atoms with van der Waals surface area (Å²) < 4.78 is 5.54. The second-order valence-corrected chi connectivity index (χ2v) is 3.69. The van der Waals surface area contributed by atoms with Crippen LogP contribution in [-0.4, -0.2) is 22.9 Å². The van der Waals surface area contributed by atoms with Crippen molar-refractivity contribution in [2.45, 2.75) is 58.8 Å². The van der Waals surface area contributed by atoms with Crippen molar-refractivity contribution in [3.63, 3.8) is 0 Å². The van der Waals surface area contributed by atoms with Gasteiger partial charge in [0.25, 0.3) is 0 Å². The molecule has 2 nitrogen and oxygen atoms in total. The molecule has 0 saturated heterocycles. The number of hydrogen-bond donors (Lipinski definition) is 1. The monoisotopic (exact) mass is 160 g/mol. The molecule has 2 heteroatoms. The van der Waals surface area contributed by atoms with E-state index in [2.05, 4.69) is 0 Å². The van der Waals surface area contributed by atoms with Gasteiger partial charge in [-0.15, -0.1) is 0 Å². The highest BCUT2D eigenvalue weighted by Gasteiger charge is 2.27. The number of aliphatic hydroxyl groups is 1. The Balaban J connectivity index is 3.98. The second-order valence-electron chi connectivity index (χ2n) is 3.69. The zero-order valence-corrected chi connectivity index (χ0v) is 8.22. The molecule has 11 heavy (non-hydrogen) atoms. The summed E-state index contributed by atoms with van der Waals surface area (Å²) in [7, 11) is 0. The molecule has 0 heterocycles. The Hall–Kier alpha value is -0.0800. The van der Waals surface area contributed by atoms with E-state index >= 15 is 0 Å². The van der Waals surface area contributed by atoms with E-state index in [0.29, 0.717) is 0 Å². The minimum absolute atomic E-state index is 0.172. The van der Waals surface area contributed by atoms with Crippen LogP contribution in [0.5, 0.6) is 0 Å². The minimum Gasteiger partial charge on any atom is -0.390 e. The first-order chi connectivity index (χ1) is 4.90. The predicted octanol–water partition coefficient (Wildman–Crippen LogP) is 1.96. The first-order valence-electron chi connectivity index (χ1n) is 4.26. The fourth-order valence-corrected chi connectivity index (χ4v) is 1.18. The third-order valence-electron chi connectivity index (χ3n) is 1.73. The molecule has 0 aliphatic carbocycles. The maximum Gasteiger partial charge on any atom is 0.0887 e. The minimum atomic E-state index is -0.414. The highest BCUT2D eigenvalue weighted by atomic mass is 16.5. The van der Waals surface area contributed by atoms with Crippen LogP contribution in [0.15, 0.2) is 0 Å². The van der Waals surface area contributed by atoms with Crippen molar-refractivity contribution in [2.24, 2.45) is 0 Å². The first-order valence-corrected chi connectivity index (χ1v) is 4.26. The molecule has 0 aliphatic heterocycles. The summed E-state index contributed by atoms with van der Waals surface area (Å²) in [4.78, 5) is 0. The van der Waals surface area contributed by atoms with Crippen LogP contribution in [0.25, 0.3) is 0 Å². The van der Waals surface area contributed by atoms with E-state index in [0.717, 1.165) is 6.42 Å². The van der Waals surface area contributed by atoms with Gasteiger partial charge in [-0.3, -0.25) is 0 Å². The quantitative estimate of drug-likeness (QED) is 0.681. The van der Waals surface area contributed by atoms with Gasteiger partial charge in [-0.05, 0) is 34.1 Å². The number of aliphatic hydroxyl groups excluding tert-OH is 1. The molecular weight excluding hydrogens is 140 g/mol. The molecule has 0 aromatic heterocycles. The van der Waals surface area contributed by atoms with Gasteiger partial charge < -0.3 is 9.84 Å². The van der Waals surface area contributed by atoms with Crippen molar-refractivity contribution < 1.29 is 9.84 Å². The summed E-state index contributed by atoms with van der Waals surface area (Å²) in [5, 5.41) is 9.51. The fourth-order valence-electron chi connectivity index (χ4n) is 1.18. The predicted molar refractivity (Wildman–Crippen MR) is 46.6 cm³/mol. The second kappa shape index (κ2) is 4.07.